The molecule has 0 saturated heterocycles. The molecule has 1 fully saturated rings. The van der Waals surface area contributed by atoms with E-state index in [1.165, 1.54) is 25.7 Å². The molecule has 0 amide bonds. The summed E-state index contributed by atoms with van der Waals surface area (Å²) in [7, 11) is 0. The van der Waals surface area contributed by atoms with Crippen molar-refractivity contribution in [3.63, 3.8) is 0 Å². The van der Waals surface area contributed by atoms with Crippen LogP contribution in [0.5, 0.6) is 0 Å². The Morgan fingerprint density at radius 2 is 2.21 bits per heavy atom. The molecule has 2 heteroatoms. The van der Waals surface area contributed by atoms with E-state index in [4.69, 9.17) is 4.74 Å². The van der Waals surface area contributed by atoms with Gasteiger partial charge in [-0.05, 0) is 30.6 Å². The maximum absolute atomic E-state index is 5.31. The van der Waals surface area contributed by atoms with Gasteiger partial charge >= 0.3 is 0 Å². The molecule has 14 heavy (non-hydrogen) atoms. The summed E-state index contributed by atoms with van der Waals surface area (Å²) in [5.74, 6) is 0.801. The fraction of sp³-hybridized carbons (Fsp3) is 0.917. The number of aliphatic imine (C=N–C) groups is 1. The van der Waals surface area contributed by atoms with Crippen molar-refractivity contribution < 1.29 is 4.74 Å². The van der Waals surface area contributed by atoms with Crippen LogP contribution in [0.3, 0.4) is 0 Å². The van der Waals surface area contributed by atoms with Crippen LogP contribution in [0, 0.1) is 11.3 Å². The lowest BCUT2D eigenvalue weighted by molar-refractivity contribution is 0.105. The minimum atomic E-state index is 0.149. The van der Waals surface area contributed by atoms with Crippen molar-refractivity contribution >= 4 is 6.40 Å². The molecule has 1 heterocycles. The Morgan fingerprint density at radius 3 is 2.79 bits per heavy atom. The van der Waals surface area contributed by atoms with Gasteiger partial charge in [0.05, 0.1) is 5.54 Å². The summed E-state index contributed by atoms with van der Waals surface area (Å²) >= 11 is 0. The Balaban J connectivity index is 2.07. The molecule has 80 valence electrons. The molecule has 0 N–H and O–H groups in total. The molecule has 2 aliphatic rings. The van der Waals surface area contributed by atoms with E-state index in [1.807, 2.05) is 0 Å². The van der Waals surface area contributed by atoms with Gasteiger partial charge in [0.15, 0.2) is 6.40 Å². The third-order valence-corrected chi connectivity index (χ3v) is 3.80. The molecule has 2 rings (SSSR count). The standard InChI is InChI=1S/C12H21NO/c1-11(2,3)10-5-4-6-12(7-10)8-14-9-13-12/h9-10H,4-8H2,1-3H3. The SMILES string of the molecule is CC(C)(C)C1CCCC2(COC=N2)C1. The lowest BCUT2D eigenvalue weighted by atomic mass is 9.67. The van der Waals surface area contributed by atoms with E-state index in [-0.39, 0.29) is 5.54 Å². The molecule has 2 unspecified atom stereocenters. The zero-order valence-corrected chi connectivity index (χ0v) is 9.55. The van der Waals surface area contributed by atoms with Gasteiger partial charge < -0.3 is 4.74 Å². The van der Waals surface area contributed by atoms with E-state index < -0.39 is 0 Å². The van der Waals surface area contributed by atoms with E-state index in [2.05, 4.69) is 25.8 Å². The quantitative estimate of drug-likeness (QED) is 0.582. The van der Waals surface area contributed by atoms with Crippen molar-refractivity contribution in [3.05, 3.63) is 0 Å². The average Bonchev–Trinajstić information content (AvgIpc) is 2.52. The van der Waals surface area contributed by atoms with E-state index in [0.29, 0.717) is 5.41 Å². The number of hydrogen-bond acceptors (Lipinski definition) is 2. The molecular formula is C12H21NO. The number of ether oxygens (including phenoxy) is 1. The summed E-state index contributed by atoms with van der Waals surface area (Å²) < 4.78 is 5.31. The summed E-state index contributed by atoms with van der Waals surface area (Å²) in [6.07, 6.45) is 6.76. The Morgan fingerprint density at radius 1 is 1.43 bits per heavy atom. The zero-order valence-electron chi connectivity index (χ0n) is 9.55. The van der Waals surface area contributed by atoms with Crippen LogP contribution in [-0.2, 0) is 4.74 Å². The first-order chi connectivity index (χ1) is 6.52. The molecule has 2 nitrogen and oxygen atoms in total. The van der Waals surface area contributed by atoms with Crippen LogP contribution in [-0.4, -0.2) is 18.5 Å². The molecule has 0 aromatic rings. The topological polar surface area (TPSA) is 21.6 Å². The smallest absolute Gasteiger partial charge is 0.170 e. The van der Waals surface area contributed by atoms with E-state index in [9.17, 15) is 0 Å². The van der Waals surface area contributed by atoms with Gasteiger partial charge in [-0.1, -0.05) is 27.2 Å². The highest BCUT2D eigenvalue weighted by Crippen LogP contribution is 2.44. The zero-order chi connectivity index (χ0) is 10.2. The summed E-state index contributed by atoms with van der Waals surface area (Å²) in [6, 6.07) is 0. The van der Waals surface area contributed by atoms with Gasteiger partial charge in [-0.2, -0.15) is 0 Å². The van der Waals surface area contributed by atoms with Crippen molar-refractivity contribution in [2.24, 2.45) is 16.3 Å². The van der Waals surface area contributed by atoms with Gasteiger partial charge in [0.1, 0.15) is 6.61 Å². The molecule has 1 aliphatic heterocycles. The molecular weight excluding hydrogens is 174 g/mol. The highest BCUT2D eigenvalue weighted by Gasteiger charge is 2.42. The van der Waals surface area contributed by atoms with Crippen LogP contribution in [0.4, 0.5) is 0 Å². The van der Waals surface area contributed by atoms with Crippen LogP contribution in [0.1, 0.15) is 46.5 Å². The van der Waals surface area contributed by atoms with Gasteiger partial charge in [0.25, 0.3) is 0 Å². The molecule has 0 bridgehead atoms. The highest BCUT2D eigenvalue weighted by atomic mass is 16.5. The average molecular weight is 195 g/mol. The van der Waals surface area contributed by atoms with E-state index in [1.54, 1.807) is 6.40 Å². The molecule has 2 atom stereocenters. The molecule has 0 aromatic heterocycles. The Kier molecular flexibility index (Phi) is 2.32. The number of nitrogens with zero attached hydrogens (tertiary/aromatic N) is 1. The third-order valence-electron chi connectivity index (χ3n) is 3.80. The molecule has 1 spiro atoms. The predicted molar refractivity (Wildman–Crippen MR) is 58.6 cm³/mol. The van der Waals surface area contributed by atoms with Crippen molar-refractivity contribution in [2.45, 2.75) is 52.0 Å². The second-order valence-electron chi connectivity index (χ2n) is 5.93. The third kappa shape index (κ3) is 1.79. The first-order valence-corrected chi connectivity index (χ1v) is 5.67. The van der Waals surface area contributed by atoms with Crippen LogP contribution in [0.15, 0.2) is 4.99 Å². The second kappa shape index (κ2) is 3.25. The van der Waals surface area contributed by atoms with Gasteiger partial charge in [0, 0.05) is 0 Å². The minimum Gasteiger partial charge on any atom is -0.481 e. The molecule has 0 radical (unpaired) electrons. The highest BCUT2D eigenvalue weighted by molar-refractivity contribution is 5.50. The van der Waals surface area contributed by atoms with Gasteiger partial charge in [-0.25, -0.2) is 4.99 Å². The van der Waals surface area contributed by atoms with Crippen LogP contribution < -0.4 is 0 Å². The van der Waals surface area contributed by atoms with Crippen LogP contribution >= 0.6 is 0 Å². The maximum Gasteiger partial charge on any atom is 0.170 e. The van der Waals surface area contributed by atoms with E-state index in [0.717, 1.165) is 12.5 Å². The van der Waals surface area contributed by atoms with Gasteiger partial charge in [0.2, 0.25) is 0 Å². The second-order valence-corrected chi connectivity index (χ2v) is 5.93. The fourth-order valence-corrected chi connectivity index (χ4v) is 2.71. The first-order valence-electron chi connectivity index (χ1n) is 5.67. The predicted octanol–water partition coefficient (Wildman–Crippen LogP) is 3.02. The maximum atomic E-state index is 5.31. The Labute approximate surface area is 86.8 Å². The van der Waals surface area contributed by atoms with Gasteiger partial charge in [-0.15, -0.1) is 0 Å². The summed E-state index contributed by atoms with van der Waals surface area (Å²) in [4.78, 5) is 4.54. The summed E-state index contributed by atoms with van der Waals surface area (Å²) in [6.45, 7) is 7.85. The lowest BCUT2D eigenvalue weighted by Crippen LogP contribution is -2.39. The van der Waals surface area contributed by atoms with Crippen molar-refractivity contribution in [3.8, 4) is 0 Å². The largest absolute Gasteiger partial charge is 0.481 e. The summed E-state index contributed by atoms with van der Waals surface area (Å²) in [5, 5.41) is 0. The number of hydrogen-bond donors (Lipinski definition) is 0. The minimum absolute atomic E-state index is 0.149. The molecule has 1 aliphatic carbocycles. The summed E-state index contributed by atoms with van der Waals surface area (Å²) in [5.41, 5.74) is 0.571. The van der Waals surface area contributed by atoms with Gasteiger partial charge in [-0.3, -0.25) is 0 Å². The van der Waals surface area contributed by atoms with Crippen molar-refractivity contribution in [1.82, 2.24) is 0 Å². The Hall–Kier alpha value is -0.530. The monoisotopic (exact) mass is 195 g/mol. The molecule has 1 saturated carbocycles. The Bertz CT molecular complexity index is 241. The normalized spacial score (nSPS) is 37.5. The van der Waals surface area contributed by atoms with Crippen molar-refractivity contribution in [1.29, 1.82) is 0 Å². The van der Waals surface area contributed by atoms with Crippen LogP contribution in [0.2, 0.25) is 0 Å². The molecule has 0 aromatic carbocycles. The van der Waals surface area contributed by atoms with E-state index >= 15 is 0 Å². The number of rotatable bonds is 0. The van der Waals surface area contributed by atoms with Crippen LogP contribution in [0.25, 0.3) is 0 Å². The fourth-order valence-electron chi connectivity index (χ4n) is 2.71. The first kappa shape index (κ1) is 10.0. The van der Waals surface area contributed by atoms with Crippen molar-refractivity contribution in [2.75, 3.05) is 6.61 Å². The lowest BCUT2D eigenvalue weighted by Gasteiger charge is -2.41.